The van der Waals surface area contributed by atoms with E-state index >= 15 is 0 Å². The van der Waals surface area contributed by atoms with Crippen molar-refractivity contribution in [1.82, 2.24) is 4.98 Å². The summed E-state index contributed by atoms with van der Waals surface area (Å²) < 4.78 is 0. The van der Waals surface area contributed by atoms with Crippen LogP contribution >= 0.6 is 11.3 Å². The third kappa shape index (κ3) is 1.86. The van der Waals surface area contributed by atoms with Gasteiger partial charge in [0.25, 0.3) is 0 Å². The summed E-state index contributed by atoms with van der Waals surface area (Å²) in [5.41, 5.74) is 1.36. The maximum Gasteiger partial charge on any atom is 0.345 e. The van der Waals surface area contributed by atoms with Crippen LogP contribution in [0.3, 0.4) is 0 Å². The monoisotopic (exact) mass is 287 g/mol. The van der Waals surface area contributed by atoms with Crippen LogP contribution in [0.1, 0.15) is 20.0 Å². The standard InChI is InChI=1S/C14H9NO4S/c16-13(17)9-6-8-10(14(18)19)11(15-12(8)20-9)7-4-2-1-3-5-7/h1-6,15H,(H,16,17)(H,18,19). The molecule has 0 aliphatic heterocycles. The van der Waals surface area contributed by atoms with E-state index in [9.17, 15) is 14.7 Å². The summed E-state index contributed by atoms with van der Waals surface area (Å²) in [6.07, 6.45) is 0. The minimum absolute atomic E-state index is 0.106. The molecule has 0 spiro atoms. The molecule has 3 rings (SSSR count). The highest BCUT2D eigenvalue weighted by Gasteiger charge is 2.22. The van der Waals surface area contributed by atoms with E-state index in [1.54, 1.807) is 12.1 Å². The van der Waals surface area contributed by atoms with Gasteiger partial charge in [0.2, 0.25) is 0 Å². The number of aromatic carboxylic acids is 2. The number of thiophene rings is 1. The number of fused-ring (bicyclic) bond motifs is 1. The van der Waals surface area contributed by atoms with E-state index in [0.29, 0.717) is 15.9 Å². The number of benzene rings is 1. The first-order chi connectivity index (χ1) is 9.58. The maximum absolute atomic E-state index is 11.5. The first-order valence-electron chi connectivity index (χ1n) is 5.75. The van der Waals surface area contributed by atoms with Gasteiger partial charge in [0.1, 0.15) is 9.71 Å². The Hall–Kier alpha value is -2.60. The fourth-order valence-electron chi connectivity index (χ4n) is 2.13. The van der Waals surface area contributed by atoms with Gasteiger partial charge in [-0.2, -0.15) is 0 Å². The van der Waals surface area contributed by atoms with E-state index < -0.39 is 11.9 Å². The van der Waals surface area contributed by atoms with Crippen LogP contribution in [0.4, 0.5) is 0 Å². The lowest BCUT2D eigenvalue weighted by molar-refractivity contribution is 0.0688. The highest BCUT2D eigenvalue weighted by atomic mass is 32.1. The molecule has 0 saturated heterocycles. The first kappa shape index (κ1) is 12.4. The molecule has 2 heterocycles. The highest BCUT2D eigenvalue weighted by Crippen LogP contribution is 2.35. The van der Waals surface area contributed by atoms with E-state index in [1.807, 2.05) is 18.2 Å². The molecule has 0 bridgehead atoms. The SMILES string of the molecule is O=C(O)c1cc2c(C(=O)O)c(-c3ccccc3)[nH]c2s1. The van der Waals surface area contributed by atoms with Gasteiger partial charge in [0.05, 0.1) is 11.3 Å². The van der Waals surface area contributed by atoms with Crippen LogP contribution in [0.25, 0.3) is 21.5 Å². The third-order valence-electron chi connectivity index (χ3n) is 2.98. The largest absolute Gasteiger partial charge is 0.478 e. The quantitative estimate of drug-likeness (QED) is 0.689. The summed E-state index contributed by atoms with van der Waals surface area (Å²) in [7, 11) is 0. The number of hydrogen-bond donors (Lipinski definition) is 3. The van der Waals surface area contributed by atoms with Crippen molar-refractivity contribution < 1.29 is 19.8 Å². The molecular weight excluding hydrogens is 278 g/mol. The summed E-state index contributed by atoms with van der Waals surface area (Å²) in [4.78, 5) is 26.1. The molecule has 100 valence electrons. The molecule has 5 nitrogen and oxygen atoms in total. The van der Waals surface area contributed by atoms with Crippen molar-refractivity contribution >= 4 is 33.5 Å². The summed E-state index contributed by atoms with van der Waals surface area (Å²) in [5, 5.41) is 18.8. The van der Waals surface area contributed by atoms with Crippen molar-refractivity contribution in [2.24, 2.45) is 0 Å². The van der Waals surface area contributed by atoms with Gasteiger partial charge in [0, 0.05) is 5.39 Å². The minimum atomic E-state index is -1.08. The second kappa shape index (κ2) is 4.50. The van der Waals surface area contributed by atoms with E-state index in [0.717, 1.165) is 16.9 Å². The Balaban J connectivity index is 2.29. The van der Waals surface area contributed by atoms with Crippen molar-refractivity contribution in [2.75, 3.05) is 0 Å². The molecule has 3 N–H and O–H groups in total. The molecule has 0 unspecified atom stereocenters. The molecule has 0 amide bonds. The maximum atomic E-state index is 11.5. The van der Waals surface area contributed by atoms with Gasteiger partial charge in [-0.1, -0.05) is 30.3 Å². The van der Waals surface area contributed by atoms with Crippen molar-refractivity contribution in [2.45, 2.75) is 0 Å². The van der Waals surface area contributed by atoms with E-state index in [1.165, 1.54) is 6.07 Å². The number of aromatic amines is 1. The summed E-state index contributed by atoms with van der Waals surface area (Å²) >= 11 is 1.03. The molecule has 6 heteroatoms. The number of carboxylic acid groups (broad SMARTS) is 2. The Morgan fingerprint density at radius 1 is 1.05 bits per heavy atom. The van der Waals surface area contributed by atoms with E-state index in [2.05, 4.69) is 4.98 Å². The van der Waals surface area contributed by atoms with Crippen molar-refractivity contribution in [1.29, 1.82) is 0 Å². The fourth-order valence-corrected chi connectivity index (χ4v) is 3.04. The van der Waals surface area contributed by atoms with Crippen LogP contribution in [-0.4, -0.2) is 27.1 Å². The lowest BCUT2D eigenvalue weighted by Crippen LogP contribution is -1.98. The summed E-state index contributed by atoms with van der Waals surface area (Å²) in [6.45, 7) is 0. The Bertz CT molecular complexity index is 816. The van der Waals surface area contributed by atoms with Crippen LogP contribution in [0.2, 0.25) is 0 Å². The van der Waals surface area contributed by atoms with Gasteiger partial charge >= 0.3 is 11.9 Å². The van der Waals surface area contributed by atoms with Crippen molar-refractivity contribution in [3.05, 3.63) is 46.8 Å². The van der Waals surface area contributed by atoms with Gasteiger partial charge in [-0.25, -0.2) is 9.59 Å². The number of carbonyl (C=O) groups is 2. The van der Waals surface area contributed by atoms with Gasteiger partial charge in [-0.15, -0.1) is 11.3 Å². The topological polar surface area (TPSA) is 90.4 Å². The number of carboxylic acids is 2. The minimum Gasteiger partial charge on any atom is -0.478 e. The molecule has 2 aromatic heterocycles. The molecule has 1 aromatic carbocycles. The molecule has 0 fully saturated rings. The molecule has 0 aliphatic rings. The van der Waals surface area contributed by atoms with Crippen LogP contribution in [-0.2, 0) is 0 Å². The molecule has 0 aliphatic carbocycles. The molecule has 0 radical (unpaired) electrons. The van der Waals surface area contributed by atoms with Gasteiger partial charge in [-0.3, -0.25) is 0 Å². The van der Waals surface area contributed by atoms with Gasteiger partial charge in [0.15, 0.2) is 0 Å². The summed E-state index contributed by atoms with van der Waals surface area (Å²) in [6, 6.07) is 10.5. The molecular formula is C14H9NO4S. The Morgan fingerprint density at radius 2 is 1.75 bits per heavy atom. The Kier molecular flexibility index (Phi) is 2.80. The zero-order chi connectivity index (χ0) is 14.3. The number of aromatic nitrogens is 1. The highest BCUT2D eigenvalue weighted by molar-refractivity contribution is 7.20. The van der Waals surface area contributed by atoms with Crippen LogP contribution < -0.4 is 0 Å². The Morgan fingerprint density at radius 3 is 2.35 bits per heavy atom. The van der Waals surface area contributed by atoms with Crippen molar-refractivity contribution in [3.63, 3.8) is 0 Å². The average molecular weight is 287 g/mol. The second-order valence-corrected chi connectivity index (χ2v) is 5.26. The molecule has 0 atom stereocenters. The molecule has 20 heavy (non-hydrogen) atoms. The first-order valence-corrected chi connectivity index (χ1v) is 6.57. The number of nitrogens with one attached hydrogen (secondary N) is 1. The smallest absolute Gasteiger partial charge is 0.345 e. The van der Waals surface area contributed by atoms with E-state index in [4.69, 9.17) is 5.11 Å². The van der Waals surface area contributed by atoms with Crippen LogP contribution in [0.5, 0.6) is 0 Å². The predicted octanol–water partition coefficient (Wildman–Crippen LogP) is 3.29. The molecule has 0 saturated carbocycles. The lowest BCUT2D eigenvalue weighted by Gasteiger charge is -2.00. The van der Waals surface area contributed by atoms with E-state index in [-0.39, 0.29) is 10.4 Å². The number of rotatable bonds is 3. The third-order valence-corrected chi connectivity index (χ3v) is 4.02. The number of H-pyrrole nitrogens is 1. The lowest BCUT2D eigenvalue weighted by atomic mass is 10.1. The van der Waals surface area contributed by atoms with Crippen LogP contribution in [0.15, 0.2) is 36.4 Å². The fraction of sp³-hybridized carbons (Fsp3) is 0. The van der Waals surface area contributed by atoms with Gasteiger partial charge in [-0.05, 0) is 11.6 Å². The zero-order valence-corrected chi connectivity index (χ0v) is 10.9. The second-order valence-electron chi connectivity index (χ2n) is 4.20. The summed E-state index contributed by atoms with van der Waals surface area (Å²) in [5.74, 6) is -2.14. The molecule has 3 aromatic rings. The average Bonchev–Trinajstić information content (AvgIpc) is 2.96. The van der Waals surface area contributed by atoms with Gasteiger partial charge < -0.3 is 15.2 Å². The predicted molar refractivity (Wildman–Crippen MR) is 75.5 cm³/mol. The normalized spacial score (nSPS) is 10.8. The Labute approximate surface area is 117 Å². The zero-order valence-electron chi connectivity index (χ0n) is 10.1. The van der Waals surface area contributed by atoms with Crippen molar-refractivity contribution in [3.8, 4) is 11.3 Å². The number of hydrogen-bond acceptors (Lipinski definition) is 3. The van der Waals surface area contributed by atoms with Crippen LogP contribution in [0, 0.1) is 0 Å².